The summed E-state index contributed by atoms with van der Waals surface area (Å²) in [6.45, 7) is 3.35. The fourth-order valence-corrected chi connectivity index (χ4v) is 4.49. The number of para-hydroxylation sites is 1. The number of nitrogens with zero attached hydrogens (tertiary/aromatic N) is 3. The van der Waals surface area contributed by atoms with Crippen molar-refractivity contribution in [3.8, 4) is 11.9 Å². The van der Waals surface area contributed by atoms with Crippen molar-refractivity contribution in [3.63, 3.8) is 0 Å². The van der Waals surface area contributed by atoms with Gasteiger partial charge in [0.1, 0.15) is 11.6 Å². The van der Waals surface area contributed by atoms with Gasteiger partial charge in [0, 0.05) is 35.5 Å². The smallest absolute Gasteiger partial charge is 0.244 e. The van der Waals surface area contributed by atoms with Gasteiger partial charge in [-0.15, -0.1) is 5.10 Å². The Labute approximate surface area is 173 Å². The first kappa shape index (κ1) is 18.3. The van der Waals surface area contributed by atoms with Crippen molar-refractivity contribution in [3.05, 3.63) is 70.7 Å². The molecule has 7 nitrogen and oxygen atoms in total. The molecule has 1 atom stereocenters. The fraction of sp³-hybridized carbons (Fsp3) is 0.217. The highest BCUT2D eigenvalue weighted by Crippen LogP contribution is 2.44. The van der Waals surface area contributed by atoms with Crippen molar-refractivity contribution >= 4 is 21.8 Å². The van der Waals surface area contributed by atoms with Crippen LogP contribution in [-0.2, 0) is 17.9 Å². The summed E-state index contributed by atoms with van der Waals surface area (Å²) in [7, 11) is 1.62. The van der Waals surface area contributed by atoms with Crippen LogP contribution in [0.1, 0.15) is 29.7 Å². The van der Waals surface area contributed by atoms with Crippen LogP contribution in [0.3, 0.4) is 0 Å². The van der Waals surface area contributed by atoms with Crippen LogP contribution >= 0.6 is 0 Å². The number of fused-ring (bicyclic) bond motifs is 4. The highest BCUT2D eigenvalue weighted by Gasteiger charge is 2.35. The van der Waals surface area contributed by atoms with E-state index in [1.165, 1.54) is 10.9 Å². The van der Waals surface area contributed by atoms with Gasteiger partial charge in [0.15, 0.2) is 0 Å². The van der Waals surface area contributed by atoms with E-state index in [-0.39, 0.29) is 11.8 Å². The predicted molar refractivity (Wildman–Crippen MR) is 114 cm³/mol. The second-order valence-corrected chi connectivity index (χ2v) is 7.32. The third kappa shape index (κ3) is 2.51. The summed E-state index contributed by atoms with van der Waals surface area (Å²) < 4.78 is 13.2. The summed E-state index contributed by atoms with van der Waals surface area (Å²) >= 11 is 0. The topological polar surface area (TPSA) is 102 Å². The number of hydrogen-bond acceptors (Lipinski definition) is 5. The predicted octanol–water partition coefficient (Wildman–Crippen LogP) is 3.90. The minimum absolute atomic E-state index is 0.0848. The number of H-pyrrole nitrogens is 1. The van der Waals surface area contributed by atoms with E-state index in [4.69, 9.17) is 15.2 Å². The van der Waals surface area contributed by atoms with Crippen molar-refractivity contribution in [2.75, 3.05) is 7.11 Å². The number of ether oxygens (including phenoxy) is 2. The van der Waals surface area contributed by atoms with Gasteiger partial charge in [0.05, 0.1) is 23.8 Å². The third-order valence-corrected chi connectivity index (χ3v) is 5.75. The molecule has 2 aromatic carbocycles. The number of nitrogens with two attached hydrogens (primary N) is 1. The number of aromatic amines is 1. The largest absolute Gasteiger partial charge is 0.420 e. The Balaban J connectivity index is 1.78. The lowest BCUT2D eigenvalue weighted by Gasteiger charge is -2.24. The van der Waals surface area contributed by atoms with Gasteiger partial charge in [-0.1, -0.05) is 24.3 Å². The van der Waals surface area contributed by atoms with Crippen molar-refractivity contribution in [2.45, 2.75) is 26.0 Å². The van der Waals surface area contributed by atoms with Crippen LogP contribution < -0.4 is 10.5 Å². The molecule has 150 valence electrons. The van der Waals surface area contributed by atoms with Crippen molar-refractivity contribution in [2.24, 2.45) is 5.73 Å². The van der Waals surface area contributed by atoms with Gasteiger partial charge in [-0.05, 0) is 30.7 Å². The molecule has 2 aromatic heterocycles. The number of aromatic nitrogens is 3. The second-order valence-electron chi connectivity index (χ2n) is 7.32. The maximum atomic E-state index is 9.87. The number of allylic oxidation sites excluding steroid dienone is 1. The number of aryl methyl sites for hydroxylation is 1. The van der Waals surface area contributed by atoms with Gasteiger partial charge in [-0.3, -0.25) is 5.10 Å². The van der Waals surface area contributed by atoms with Crippen LogP contribution in [0, 0.1) is 11.3 Å². The molecule has 3 N–H and O–H groups in total. The summed E-state index contributed by atoms with van der Waals surface area (Å²) in [5.41, 5.74) is 11.3. The van der Waals surface area contributed by atoms with Gasteiger partial charge in [0.25, 0.3) is 0 Å². The van der Waals surface area contributed by atoms with E-state index in [0.29, 0.717) is 18.1 Å². The SMILES string of the molecule is CCn1c2ccccc2c2cc([C@@H]3C(C#N)=C(N)Oc4n[nH]c(COC)c43)ccc21. The average Bonchev–Trinajstić information content (AvgIpc) is 3.31. The lowest BCUT2D eigenvalue weighted by Crippen LogP contribution is -2.21. The Kier molecular flexibility index (Phi) is 4.23. The molecule has 1 aliphatic rings. The van der Waals surface area contributed by atoms with Crippen LogP contribution in [-0.4, -0.2) is 21.9 Å². The molecule has 4 aromatic rings. The molecule has 0 unspecified atom stereocenters. The van der Waals surface area contributed by atoms with Gasteiger partial charge >= 0.3 is 0 Å². The lowest BCUT2D eigenvalue weighted by molar-refractivity contribution is 0.180. The first-order valence-corrected chi connectivity index (χ1v) is 9.82. The quantitative estimate of drug-likeness (QED) is 0.542. The molecule has 0 aliphatic carbocycles. The number of hydrogen-bond donors (Lipinski definition) is 2. The zero-order chi connectivity index (χ0) is 20.8. The van der Waals surface area contributed by atoms with Gasteiger partial charge < -0.3 is 19.8 Å². The Morgan fingerprint density at radius 2 is 2.03 bits per heavy atom. The fourth-order valence-electron chi connectivity index (χ4n) is 4.49. The van der Waals surface area contributed by atoms with Crippen LogP contribution in [0.4, 0.5) is 0 Å². The Hall–Kier alpha value is -3.76. The van der Waals surface area contributed by atoms with E-state index in [9.17, 15) is 5.26 Å². The summed E-state index contributed by atoms with van der Waals surface area (Å²) in [4.78, 5) is 0. The van der Waals surface area contributed by atoms with Crippen LogP contribution in [0.25, 0.3) is 21.8 Å². The van der Waals surface area contributed by atoms with Crippen LogP contribution in [0.2, 0.25) is 0 Å². The molecule has 5 rings (SSSR count). The third-order valence-electron chi connectivity index (χ3n) is 5.75. The van der Waals surface area contributed by atoms with E-state index in [0.717, 1.165) is 34.3 Å². The minimum Gasteiger partial charge on any atom is -0.420 e. The molecule has 0 bridgehead atoms. The van der Waals surface area contributed by atoms with Gasteiger partial charge in [0.2, 0.25) is 11.8 Å². The minimum atomic E-state index is -0.379. The maximum Gasteiger partial charge on any atom is 0.244 e. The Morgan fingerprint density at radius 1 is 1.23 bits per heavy atom. The molecule has 0 saturated heterocycles. The highest BCUT2D eigenvalue weighted by molar-refractivity contribution is 6.08. The summed E-state index contributed by atoms with van der Waals surface area (Å²) in [6, 6.07) is 16.9. The average molecular weight is 399 g/mol. The summed E-state index contributed by atoms with van der Waals surface area (Å²) in [5, 5.41) is 19.4. The molecule has 0 radical (unpaired) electrons. The lowest BCUT2D eigenvalue weighted by atomic mass is 9.83. The number of methoxy groups -OCH3 is 1. The number of rotatable bonds is 4. The Morgan fingerprint density at radius 3 is 2.80 bits per heavy atom. The molecule has 0 spiro atoms. The molecule has 0 amide bonds. The zero-order valence-corrected chi connectivity index (χ0v) is 16.8. The molecule has 1 aliphatic heterocycles. The maximum absolute atomic E-state index is 9.87. The molecule has 30 heavy (non-hydrogen) atoms. The van der Waals surface area contributed by atoms with Gasteiger partial charge in [-0.25, -0.2) is 0 Å². The van der Waals surface area contributed by atoms with E-state index < -0.39 is 0 Å². The standard InChI is InChI=1S/C23H21N5O2/c1-3-28-18-7-5-4-6-14(18)15-10-13(8-9-19(15)28)20-16(11-24)22(25)30-23-21(20)17(12-29-2)26-27-23/h4-10,20H,3,12,25H2,1-2H3,(H,26,27)/t20-/m1/s1. The van der Waals surface area contributed by atoms with E-state index in [2.05, 4.69) is 64.2 Å². The summed E-state index contributed by atoms with van der Waals surface area (Å²) in [6.07, 6.45) is 0. The van der Waals surface area contributed by atoms with Crippen LogP contribution in [0.15, 0.2) is 53.9 Å². The van der Waals surface area contributed by atoms with Crippen molar-refractivity contribution < 1.29 is 9.47 Å². The monoisotopic (exact) mass is 399 g/mol. The van der Waals surface area contributed by atoms with Gasteiger partial charge in [-0.2, -0.15) is 5.26 Å². The molecular formula is C23H21N5O2. The molecule has 0 saturated carbocycles. The van der Waals surface area contributed by atoms with E-state index in [1.54, 1.807) is 7.11 Å². The first-order valence-electron chi connectivity index (χ1n) is 9.82. The molecule has 7 heteroatoms. The van der Waals surface area contributed by atoms with E-state index in [1.807, 2.05) is 6.07 Å². The normalized spacial score (nSPS) is 16.0. The second kappa shape index (κ2) is 6.94. The zero-order valence-electron chi connectivity index (χ0n) is 16.8. The van der Waals surface area contributed by atoms with Crippen molar-refractivity contribution in [1.82, 2.24) is 14.8 Å². The summed E-state index contributed by atoms with van der Waals surface area (Å²) in [5.74, 6) is 0.0944. The molecular weight excluding hydrogens is 378 g/mol. The number of nitriles is 1. The van der Waals surface area contributed by atoms with E-state index >= 15 is 0 Å². The highest BCUT2D eigenvalue weighted by atomic mass is 16.5. The van der Waals surface area contributed by atoms with Crippen LogP contribution in [0.5, 0.6) is 5.88 Å². The molecule has 0 fully saturated rings. The molecule has 3 heterocycles. The first-order chi connectivity index (χ1) is 14.7. The number of benzene rings is 2. The van der Waals surface area contributed by atoms with Crippen molar-refractivity contribution in [1.29, 1.82) is 5.26 Å². The Bertz CT molecular complexity index is 1360. The number of nitrogens with one attached hydrogen (secondary N) is 1.